The lowest BCUT2D eigenvalue weighted by Gasteiger charge is -2.28. The molecule has 6 heteroatoms. The van der Waals surface area contributed by atoms with E-state index in [0.717, 1.165) is 5.56 Å². The van der Waals surface area contributed by atoms with Gasteiger partial charge in [-0.15, -0.1) is 0 Å². The number of carboxylic acids is 1. The van der Waals surface area contributed by atoms with Crippen LogP contribution in [0.1, 0.15) is 25.8 Å². The van der Waals surface area contributed by atoms with Crippen LogP contribution in [0.15, 0.2) is 18.2 Å². The first-order valence-corrected chi connectivity index (χ1v) is 7.02. The standard InChI is InChI=1S/C15H21NO4S/c1-5-13(21)16-15(2,14(17)18)9-10-6-7-11(19-3)12(8-10)20-4/h6-8H,5,9H2,1-4H3,(H,16,21)(H,17,18). The number of hydrogen-bond acceptors (Lipinski definition) is 4. The lowest BCUT2D eigenvalue weighted by Crippen LogP contribution is -2.53. The minimum atomic E-state index is -1.16. The summed E-state index contributed by atoms with van der Waals surface area (Å²) >= 11 is 5.11. The van der Waals surface area contributed by atoms with Crippen molar-refractivity contribution < 1.29 is 19.4 Å². The van der Waals surface area contributed by atoms with E-state index in [4.69, 9.17) is 21.7 Å². The summed E-state index contributed by atoms with van der Waals surface area (Å²) in [6.07, 6.45) is 0.882. The molecule has 21 heavy (non-hydrogen) atoms. The molecule has 1 aromatic carbocycles. The van der Waals surface area contributed by atoms with E-state index in [1.54, 1.807) is 33.3 Å². The first kappa shape index (κ1) is 17.2. The Morgan fingerprint density at radius 1 is 1.33 bits per heavy atom. The van der Waals surface area contributed by atoms with Gasteiger partial charge in [-0.3, -0.25) is 0 Å². The summed E-state index contributed by atoms with van der Waals surface area (Å²) in [5.41, 5.74) is -0.337. The van der Waals surface area contributed by atoms with Gasteiger partial charge in [0.25, 0.3) is 0 Å². The maximum atomic E-state index is 11.6. The molecule has 1 rings (SSSR count). The van der Waals surface area contributed by atoms with Crippen LogP contribution in [0.25, 0.3) is 0 Å². The first-order chi connectivity index (χ1) is 9.86. The molecule has 0 aliphatic heterocycles. The van der Waals surface area contributed by atoms with Crippen LogP contribution in [-0.2, 0) is 11.2 Å². The van der Waals surface area contributed by atoms with Crippen molar-refractivity contribution in [3.05, 3.63) is 23.8 Å². The van der Waals surface area contributed by atoms with Gasteiger partial charge in [-0.05, 0) is 31.0 Å². The molecule has 0 spiro atoms. The van der Waals surface area contributed by atoms with Crippen molar-refractivity contribution >= 4 is 23.2 Å². The predicted octanol–water partition coefficient (Wildman–Crippen LogP) is 2.42. The van der Waals surface area contributed by atoms with Gasteiger partial charge >= 0.3 is 5.97 Å². The van der Waals surface area contributed by atoms with Crippen molar-refractivity contribution in [3.63, 3.8) is 0 Å². The van der Waals surface area contributed by atoms with E-state index in [0.29, 0.717) is 22.9 Å². The van der Waals surface area contributed by atoms with Gasteiger partial charge in [-0.1, -0.05) is 25.2 Å². The molecule has 0 saturated heterocycles. The van der Waals surface area contributed by atoms with Crippen LogP contribution < -0.4 is 14.8 Å². The molecule has 0 aromatic heterocycles. The van der Waals surface area contributed by atoms with Gasteiger partial charge in [0.2, 0.25) is 0 Å². The van der Waals surface area contributed by atoms with Crippen molar-refractivity contribution in [3.8, 4) is 11.5 Å². The Kier molecular flexibility index (Phi) is 5.96. The lowest BCUT2D eigenvalue weighted by molar-refractivity contribution is -0.143. The normalized spacial score (nSPS) is 13.1. The molecule has 0 amide bonds. The molecule has 1 aromatic rings. The summed E-state index contributed by atoms with van der Waals surface area (Å²) in [5.74, 6) is 0.226. The second kappa shape index (κ2) is 7.26. The maximum Gasteiger partial charge on any atom is 0.329 e. The number of hydrogen-bond donors (Lipinski definition) is 2. The monoisotopic (exact) mass is 311 g/mol. The highest BCUT2D eigenvalue weighted by Gasteiger charge is 2.34. The molecule has 0 aliphatic carbocycles. The third kappa shape index (κ3) is 4.32. The van der Waals surface area contributed by atoms with Crippen molar-refractivity contribution in [2.75, 3.05) is 14.2 Å². The summed E-state index contributed by atoms with van der Waals surface area (Å²) in [4.78, 5) is 12.1. The molecule has 0 heterocycles. The summed E-state index contributed by atoms with van der Waals surface area (Å²) in [5, 5.41) is 12.4. The molecule has 5 nitrogen and oxygen atoms in total. The number of thiocarbonyl (C=S) groups is 1. The average molecular weight is 311 g/mol. The van der Waals surface area contributed by atoms with Gasteiger partial charge in [0.05, 0.1) is 19.2 Å². The molecule has 116 valence electrons. The Morgan fingerprint density at radius 3 is 2.43 bits per heavy atom. The second-order valence-electron chi connectivity index (χ2n) is 4.91. The number of carbonyl (C=O) groups is 1. The smallest absolute Gasteiger partial charge is 0.329 e. The fraction of sp³-hybridized carbons (Fsp3) is 0.467. The topological polar surface area (TPSA) is 67.8 Å². The van der Waals surface area contributed by atoms with E-state index in [1.165, 1.54) is 0 Å². The molecular weight excluding hydrogens is 290 g/mol. The van der Waals surface area contributed by atoms with Gasteiger partial charge in [0, 0.05) is 6.42 Å². The molecule has 0 fully saturated rings. The summed E-state index contributed by atoms with van der Waals surface area (Å²) in [7, 11) is 3.10. The number of aliphatic carboxylic acids is 1. The average Bonchev–Trinajstić information content (AvgIpc) is 2.46. The quantitative estimate of drug-likeness (QED) is 0.754. The summed E-state index contributed by atoms with van der Waals surface area (Å²) in [6.45, 7) is 3.50. The molecule has 0 bridgehead atoms. The number of nitrogens with one attached hydrogen (secondary N) is 1. The number of rotatable bonds is 7. The van der Waals surface area contributed by atoms with E-state index in [2.05, 4.69) is 5.32 Å². The fourth-order valence-electron chi connectivity index (χ4n) is 1.97. The van der Waals surface area contributed by atoms with Crippen molar-refractivity contribution in [2.45, 2.75) is 32.2 Å². The van der Waals surface area contributed by atoms with E-state index in [9.17, 15) is 9.90 Å². The predicted molar refractivity (Wildman–Crippen MR) is 85.3 cm³/mol. The van der Waals surface area contributed by atoms with Gasteiger partial charge in [0.1, 0.15) is 5.54 Å². The van der Waals surface area contributed by atoms with Gasteiger partial charge < -0.3 is 19.9 Å². The molecule has 0 aliphatic rings. The highest BCUT2D eigenvalue weighted by Crippen LogP contribution is 2.29. The van der Waals surface area contributed by atoms with Gasteiger partial charge in [0.15, 0.2) is 11.5 Å². The third-order valence-corrected chi connectivity index (χ3v) is 3.60. The number of carboxylic acid groups (broad SMARTS) is 1. The van der Waals surface area contributed by atoms with Crippen LogP contribution in [0.5, 0.6) is 11.5 Å². The van der Waals surface area contributed by atoms with E-state index in [-0.39, 0.29) is 6.42 Å². The van der Waals surface area contributed by atoms with E-state index in [1.807, 2.05) is 13.0 Å². The summed E-state index contributed by atoms with van der Waals surface area (Å²) in [6, 6.07) is 5.35. The van der Waals surface area contributed by atoms with Crippen molar-refractivity contribution in [1.29, 1.82) is 0 Å². The fourth-order valence-corrected chi connectivity index (χ4v) is 2.19. The Bertz CT molecular complexity index is 532. The molecule has 1 atom stereocenters. The molecule has 1 unspecified atom stereocenters. The van der Waals surface area contributed by atoms with Crippen LogP contribution in [0.4, 0.5) is 0 Å². The Balaban J connectivity index is 3.04. The minimum Gasteiger partial charge on any atom is -0.493 e. The first-order valence-electron chi connectivity index (χ1n) is 6.61. The lowest BCUT2D eigenvalue weighted by atomic mass is 9.92. The highest BCUT2D eigenvalue weighted by molar-refractivity contribution is 7.80. The Labute approximate surface area is 130 Å². The Morgan fingerprint density at radius 2 is 1.95 bits per heavy atom. The second-order valence-corrected chi connectivity index (χ2v) is 5.40. The third-order valence-electron chi connectivity index (χ3n) is 3.21. The largest absolute Gasteiger partial charge is 0.493 e. The Hall–Kier alpha value is -1.82. The zero-order chi connectivity index (χ0) is 16.0. The van der Waals surface area contributed by atoms with Crippen LogP contribution >= 0.6 is 12.2 Å². The number of methoxy groups -OCH3 is 2. The zero-order valence-corrected chi connectivity index (χ0v) is 13.5. The highest BCUT2D eigenvalue weighted by atomic mass is 32.1. The SMILES string of the molecule is CCC(=S)NC(C)(Cc1ccc(OC)c(OC)c1)C(=O)O. The van der Waals surface area contributed by atoms with Crippen LogP contribution in [0, 0.1) is 0 Å². The summed E-state index contributed by atoms with van der Waals surface area (Å²) < 4.78 is 10.4. The van der Waals surface area contributed by atoms with Gasteiger partial charge in [-0.2, -0.15) is 0 Å². The molecule has 0 saturated carbocycles. The van der Waals surface area contributed by atoms with Crippen molar-refractivity contribution in [1.82, 2.24) is 5.32 Å². The van der Waals surface area contributed by atoms with Crippen LogP contribution in [0.3, 0.4) is 0 Å². The van der Waals surface area contributed by atoms with Crippen molar-refractivity contribution in [2.24, 2.45) is 0 Å². The molecule has 0 radical (unpaired) electrons. The maximum absolute atomic E-state index is 11.6. The number of benzene rings is 1. The zero-order valence-electron chi connectivity index (χ0n) is 12.7. The van der Waals surface area contributed by atoms with Crippen LogP contribution in [0.2, 0.25) is 0 Å². The molecular formula is C15H21NO4S. The number of ether oxygens (including phenoxy) is 2. The van der Waals surface area contributed by atoms with E-state index >= 15 is 0 Å². The van der Waals surface area contributed by atoms with E-state index < -0.39 is 11.5 Å². The van der Waals surface area contributed by atoms with Gasteiger partial charge in [-0.25, -0.2) is 4.79 Å². The molecule has 2 N–H and O–H groups in total. The minimum absolute atomic E-state index is 0.281. The van der Waals surface area contributed by atoms with Crippen LogP contribution in [-0.4, -0.2) is 35.8 Å².